The van der Waals surface area contributed by atoms with Crippen LogP contribution in [0, 0.1) is 17.0 Å². The minimum atomic E-state index is -0.494. The molecule has 0 radical (unpaired) electrons. The van der Waals surface area contributed by atoms with E-state index in [9.17, 15) is 19.7 Å². The van der Waals surface area contributed by atoms with Gasteiger partial charge in [0.15, 0.2) is 0 Å². The Balaban J connectivity index is 2.06. The molecule has 0 unspecified atom stereocenters. The Kier molecular flexibility index (Phi) is 4.23. The SMILES string of the molecule is Cc1c(NC(=O)CN2CSCC2=O)cccc1[N+](=O)[O-]. The molecule has 8 heteroatoms. The van der Waals surface area contributed by atoms with Gasteiger partial charge in [-0.15, -0.1) is 11.8 Å². The Bertz CT molecular complexity index is 576. The summed E-state index contributed by atoms with van der Waals surface area (Å²) in [6.45, 7) is 1.54. The van der Waals surface area contributed by atoms with Gasteiger partial charge in [-0.05, 0) is 13.0 Å². The van der Waals surface area contributed by atoms with E-state index in [1.165, 1.54) is 28.8 Å². The molecule has 0 saturated carbocycles. The zero-order valence-corrected chi connectivity index (χ0v) is 11.6. The highest BCUT2D eigenvalue weighted by Crippen LogP contribution is 2.25. The van der Waals surface area contributed by atoms with Gasteiger partial charge in [0.05, 0.1) is 27.8 Å². The molecule has 2 rings (SSSR count). The van der Waals surface area contributed by atoms with E-state index >= 15 is 0 Å². The van der Waals surface area contributed by atoms with E-state index in [0.29, 0.717) is 22.9 Å². The summed E-state index contributed by atoms with van der Waals surface area (Å²) < 4.78 is 0. The molecule has 1 heterocycles. The summed E-state index contributed by atoms with van der Waals surface area (Å²) in [6.07, 6.45) is 0. The summed E-state index contributed by atoms with van der Waals surface area (Å²) in [4.78, 5) is 35.0. The Hall–Kier alpha value is -2.09. The van der Waals surface area contributed by atoms with Crippen LogP contribution in [0.2, 0.25) is 0 Å². The molecule has 1 aliphatic heterocycles. The molecular formula is C12H13N3O4S. The molecule has 0 spiro atoms. The second-order valence-electron chi connectivity index (χ2n) is 4.32. The van der Waals surface area contributed by atoms with Crippen molar-refractivity contribution in [1.29, 1.82) is 0 Å². The maximum atomic E-state index is 11.9. The molecular weight excluding hydrogens is 282 g/mol. The third kappa shape index (κ3) is 3.08. The van der Waals surface area contributed by atoms with Crippen molar-refractivity contribution in [3.63, 3.8) is 0 Å². The second-order valence-corrected chi connectivity index (χ2v) is 5.28. The number of thioether (sulfide) groups is 1. The van der Waals surface area contributed by atoms with Crippen molar-refractivity contribution in [3.05, 3.63) is 33.9 Å². The third-order valence-corrected chi connectivity index (χ3v) is 3.88. The zero-order chi connectivity index (χ0) is 14.7. The van der Waals surface area contributed by atoms with E-state index in [4.69, 9.17) is 0 Å². The number of carbonyl (C=O) groups is 2. The lowest BCUT2D eigenvalue weighted by molar-refractivity contribution is -0.385. The van der Waals surface area contributed by atoms with Crippen LogP contribution in [0.1, 0.15) is 5.56 Å². The van der Waals surface area contributed by atoms with E-state index in [0.717, 1.165) is 0 Å². The maximum absolute atomic E-state index is 11.9. The van der Waals surface area contributed by atoms with Crippen molar-refractivity contribution in [2.45, 2.75) is 6.92 Å². The molecule has 1 aromatic rings. The van der Waals surface area contributed by atoms with Crippen LogP contribution < -0.4 is 5.32 Å². The van der Waals surface area contributed by atoms with Gasteiger partial charge in [-0.2, -0.15) is 0 Å². The average molecular weight is 295 g/mol. The normalized spacial score (nSPS) is 14.4. The first kappa shape index (κ1) is 14.3. The van der Waals surface area contributed by atoms with E-state index in [1.54, 1.807) is 13.0 Å². The number of benzene rings is 1. The lowest BCUT2D eigenvalue weighted by atomic mass is 10.1. The smallest absolute Gasteiger partial charge is 0.274 e. The Morgan fingerprint density at radius 3 is 2.90 bits per heavy atom. The number of hydrogen-bond acceptors (Lipinski definition) is 5. The minimum absolute atomic E-state index is 0.0338. The third-order valence-electron chi connectivity index (χ3n) is 2.94. The van der Waals surface area contributed by atoms with Crippen molar-refractivity contribution in [3.8, 4) is 0 Å². The first-order valence-electron chi connectivity index (χ1n) is 5.88. The van der Waals surface area contributed by atoms with E-state index in [1.807, 2.05) is 0 Å². The lowest BCUT2D eigenvalue weighted by Gasteiger charge is -2.15. The topological polar surface area (TPSA) is 92.6 Å². The highest BCUT2D eigenvalue weighted by molar-refractivity contribution is 8.00. The predicted octanol–water partition coefficient (Wildman–Crippen LogP) is 1.37. The highest BCUT2D eigenvalue weighted by atomic mass is 32.2. The Labute approximate surface area is 119 Å². The maximum Gasteiger partial charge on any atom is 0.274 e. The van der Waals surface area contributed by atoms with Gasteiger partial charge in [-0.1, -0.05) is 6.07 Å². The highest BCUT2D eigenvalue weighted by Gasteiger charge is 2.23. The fourth-order valence-electron chi connectivity index (χ4n) is 1.86. The monoisotopic (exact) mass is 295 g/mol. The lowest BCUT2D eigenvalue weighted by Crippen LogP contribution is -2.34. The zero-order valence-electron chi connectivity index (χ0n) is 10.8. The summed E-state index contributed by atoms with van der Waals surface area (Å²) in [7, 11) is 0. The molecule has 7 nitrogen and oxygen atoms in total. The summed E-state index contributed by atoms with van der Waals surface area (Å²) >= 11 is 1.46. The summed E-state index contributed by atoms with van der Waals surface area (Å²) in [5.41, 5.74) is 0.743. The number of anilines is 1. The standard InChI is InChI=1S/C12H13N3O4S/c1-8-9(3-2-4-10(8)15(18)19)13-11(16)5-14-7-20-6-12(14)17/h2-4H,5-7H2,1H3,(H,13,16). The van der Waals surface area contributed by atoms with Crippen molar-refractivity contribution in [2.75, 3.05) is 23.5 Å². The van der Waals surface area contributed by atoms with E-state index in [-0.39, 0.29) is 24.0 Å². The van der Waals surface area contributed by atoms with Crippen molar-refractivity contribution < 1.29 is 14.5 Å². The molecule has 0 bridgehead atoms. The van der Waals surface area contributed by atoms with Gasteiger partial charge in [0.25, 0.3) is 5.69 Å². The van der Waals surface area contributed by atoms with Gasteiger partial charge in [0.2, 0.25) is 11.8 Å². The number of carbonyl (C=O) groups excluding carboxylic acids is 2. The fraction of sp³-hybridized carbons (Fsp3) is 0.333. The molecule has 20 heavy (non-hydrogen) atoms. The molecule has 1 aliphatic rings. The van der Waals surface area contributed by atoms with Gasteiger partial charge in [0, 0.05) is 6.07 Å². The number of nitro benzene ring substituents is 1. The first-order valence-corrected chi connectivity index (χ1v) is 7.04. The Morgan fingerprint density at radius 2 is 2.30 bits per heavy atom. The molecule has 1 saturated heterocycles. The van der Waals surface area contributed by atoms with Gasteiger partial charge < -0.3 is 10.2 Å². The minimum Gasteiger partial charge on any atom is -0.324 e. The fourth-order valence-corrected chi connectivity index (χ4v) is 2.76. The summed E-state index contributed by atoms with van der Waals surface area (Å²) in [5.74, 6) is 0.467. The molecule has 0 atom stereocenters. The van der Waals surface area contributed by atoms with Crippen LogP contribution in [0.3, 0.4) is 0 Å². The van der Waals surface area contributed by atoms with Crippen LogP contribution in [-0.4, -0.2) is 39.8 Å². The second kappa shape index (κ2) is 5.91. The molecule has 1 N–H and O–H groups in total. The number of nitro groups is 1. The van der Waals surface area contributed by atoms with Crippen molar-refractivity contribution in [1.82, 2.24) is 4.90 Å². The van der Waals surface area contributed by atoms with Crippen molar-refractivity contribution in [2.24, 2.45) is 0 Å². The average Bonchev–Trinajstić information content (AvgIpc) is 2.77. The largest absolute Gasteiger partial charge is 0.324 e. The van der Waals surface area contributed by atoms with Crippen LogP contribution in [-0.2, 0) is 9.59 Å². The van der Waals surface area contributed by atoms with Crippen molar-refractivity contribution >= 4 is 35.0 Å². The van der Waals surface area contributed by atoms with Crippen LogP contribution >= 0.6 is 11.8 Å². The number of nitrogens with zero attached hydrogens (tertiary/aromatic N) is 2. The van der Waals surface area contributed by atoms with Crippen LogP contribution in [0.5, 0.6) is 0 Å². The number of hydrogen-bond donors (Lipinski definition) is 1. The first-order chi connectivity index (χ1) is 9.49. The van der Waals surface area contributed by atoms with E-state index < -0.39 is 4.92 Å². The molecule has 1 fully saturated rings. The number of nitrogens with one attached hydrogen (secondary N) is 1. The molecule has 0 aliphatic carbocycles. The van der Waals surface area contributed by atoms with Gasteiger partial charge in [0.1, 0.15) is 6.54 Å². The quantitative estimate of drug-likeness (QED) is 0.669. The van der Waals surface area contributed by atoms with Crippen LogP contribution in [0.25, 0.3) is 0 Å². The van der Waals surface area contributed by atoms with Gasteiger partial charge in [-0.3, -0.25) is 19.7 Å². The van der Waals surface area contributed by atoms with E-state index in [2.05, 4.69) is 5.32 Å². The molecule has 0 aromatic heterocycles. The summed E-state index contributed by atoms with van der Waals surface area (Å²) in [6, 6.07) is 4.49. The van der Waals surface area contributed by atoms with Gasteiger partial charge in [-0.25, -0.2) is 0 Å². The number of rotatable bonds is 4. The Morgan fingerprint density at radius 1 is 1.55 bits per heavy atom. The van der Waals surface area contributed by atoms with Crippen LogP contribution in [0.15, 0.2) is 18.2 Å². The van der Waals surface area contributed by atoms with Gasteiger partial charge >= 0.3 is 0 Å². The van der Waals surface area contributed by atoms with Crippen LogP contribution in [0.4, 0.5) is 11.4 Å². The number of amides is 2. The molecule has 2 amide bonds. The predicted molar refractivity (Wildman–Crippen MR) is 75.5 cm³/mol. The summed E-state index contributed by atoms with van der Waals surface area (Å²) in [5, 5.41) is 13.4. The molecule has 106 valence electrons. The molecule has 1 aromatic carbocycles.